The van der Waals surface area contributed by atoms with Crippen molar-refractivity contribution in [2.75, 3.05) is 0 Å². The molecule has 2 saturated carbocycles. The molecule has 1 aromatic carbocycles. The van der Waals surface area contributed by atoms with Gasteiger partial charge < -0.3 is 9.84 Å². The number of ether oxygens (including phenoxy) is 1. The van der Waals surface area contributed by atoms with E-state index in [1.54, 1.807) is 6.07 Å². The average molecular weight is 357 g/mol. The predicted molar refractivity (Wildman–Crippen MR) is 91.0 cm³/mol. The highest BCUT2D eigenvalue weighted by molar-refractivity contribution is 6.35. The molecule has 126 valence electrons. The van der Waals surface area contributed by atoms with Crippen LogP contribution in [0.15, 0.2) is 18.2 Å². The maximum Gasteiger partial charge on any atom is 0.303 e. The van der Waals surface area contributed by atoms with Gasteiger partial charge in [-0.25, -0.2) is 0 Å². The van der Waals surface area contributed by atoms with Crippen LogP contribution in [0.25, 0.3) is 0 Å². The molecule has 0 aromatic heterocycles. The van der Waals surface area contributed by atoms with Gasteiger partial charge >= 0.3 is 5.97 Å². The van der Waals surface area contributed by atoms with E-state index in [-0.39, 0.29) is 12.0 Å². The highest BCUT2D eigenvalue weighted by atomic mass is 35.5. The Morgan fingerprint density at radius 2 is 1.96 bits per heavy atom. The first-order chi connectivity index (χ1) is 10.9. The number of carbonyl (C=O) groups is 1. The summed E-state index contributed by atoms with van der Waals surface area (Å²) in [6.45, 7) is 0.515. The summed E-state index contributed by atoms with van der Waals surface area (Å²) < 4.78 is 6.30. The van der Waals surface area contributed by atoms with Crippen LogP contribution in [0.1, 0.15) is 56.9 Å². The number of benzene rings is 1. The SMILES string of the molecule is O=C(O)CCCC12CCC(OCc3ccc(Cl)cc3Cl)(CC1)C2. The topological polar surface area (TPSA) is 46.5 Å². The number of aliphatic carboxylic acids is 1. The minimum atomic E-state index is -0.697. The number of halogens is 2. The maximum absolute atomic E-state index is 10.7. The number of hydrogen-bond donors (Lipinski definition) is 1. The molecule has 0 atom stereocenters. The molecular formula is C18H22Cl2O3. The summed E-state index contributed by atoms with van der Waals surface area (Å²) in [7, 11) is 0. The largest absolute Gasteiger partial charge is 0.481 e. The summed E-state index contributed by atoms with van der Waals surface area (Å²) >= 11 is 12.1. The van der Waals surface area contributed by atoms with Gasteiger partial charge in [0.15, 0.2) is 0 Å². The smallest absolute Gasteiger partial charge is 0.303 e. The van der Waals surface area contributed by atoms with Crippen LogP contribution >= 0.6 is 23.2 Å². The molecule has 2 fully saturated rings. The third-order valence-electron chi connectivity index (χ3n) is 5.57. The van der Waals surface area contributed by atoms with Crippen molar-refractivity contribution < 1.29 is 14.6 Å². The molecule has 5 heteroatoms. The van der Waals surface area contributed by atoms with Crippen molar-refractivity contribution in [3.8, 4) is 0 Å². The summed E-state index contributed by atoms with van der Waals surface area (Å²) in [6, 6.07) is 5.51. The van der Waals surface area contributed by atoms with Gasteiger partial charge in [0.1, 0.15) is 0 Å². The molecule has 2 bridgehead atoms. The third-order valence-corrected chi connectivity index (χ3v) is 6.15. The fourth-order valence-corrected chi connectivity index (χ4v) is 4.75. The Labute approximate surface area is 146 Å². The highest BCUT2D eigenvalue weighted by Gasteiger charge is 2.54. The molecule has 0 heterocycles. The van der Waals surface area contributed by atoms with E-state index in [4.69, 9.17) is 33.0 Å². The van der Waals surface area contributed by atoms with Gasteiger partial charge in [0.25, 0.3) is 0 Å². The maximum atomic E-state index is 10.7. The second kappa shape index (κ2) is 6.62. The van der Waals surface area contributed by atoms with E-state index in [1.807, 2.05) is 12.1 Å². The molecule has 1 N–H and O–H groups in total. The first-order valence-electron chi connectivity index (χ1n) is 8.22. The zero-order valence-corrected chi connectivity index (χ0v) is 14.6. The van der Waals surface area contributed by atoms with Crippen molar-refractivity contribution in [3.63, 3.8) is 0 Å². The van der Waals surface area contributed by atoms with E-state index in [9.17, 15) is 4.79 Å². The lowest BCUT2D eigenvalue weighted by atomic mass is 9.80. The van der Waals surface area contributed by atoms with E-state index in [0.29, 0.717) is 22.1 Å². The molecule has 3 nitrogen and oxygen atoms in total. The van der Waals surface area contributed by atoms with Crippen LogP contribution in [0, 0.1) is 5.41 Å². The Kier molecular flexibility index (Phi) is 4.91. The predicted octanol–water partition coefficient (Wildman–Crippen LogP) is 5.47. The van der Waals surface area contributed by atoms with Crippen LogP contribution in [-0.4, -0.2) is 16.7 Å². The van der Waals surface area contributed by atoms with E-state index < -0.39 is 5.97 Å². The molecule has 0 spiro atoms. The molecule has 2 aliphatic rings. The van der Waals surface area contributed by atoms with Gasteiger partial charge in [-0.15, -0.1) is 0 Å². The van der Waals surface area contributed by atoms with E-state index in [0.717, 1.165) is 50.5 Å². The van der Waals surface area contributed by atoms with Gasteiger partial charge in [-0.2, -0.15) is 0 Å². The number of rotatable bonds is 7. The Bertz CT molecular complexity index is 592. The summed E-state index contributed by atoms with van der Waals surface area (Å²) in [5.41, 5.74) is 1.24. The first kappa shape index (κ1) is 17.1. The summed E-state index contributed by atoms with van der Waals surface area (Å²) in [5, 5.41) is 10.1. The Balaban J connectivity index is 1.56. The van der Waals surface area contributed by atoms with Crippen molar-refractivity contribution in [1.29, 1.82) is 0 Å². The second-order valence-corrected chi connectivity index (χ2v) is 7.98. The first-order valence-corrected chi connectivity index (χ1v) is 8.97. The minimum absolute atomic E-state index is 0.0355. The summed E-state index contributed by atoms with van der Waals surface area (Å²) in [6.07, 6.45) is 7.57. The normalized spacial score (nSPS) is 29.1. The quantitative estimate of drug-likeness (QED) is 0.704. The Morgan fingerprint density at radius 1 is 1.22 bits per heavy atom. The molecule has 0 amide bonds. The van der Waals surface area contributed by atoms with Gasteiger partial charge in [-0.05, 0) is 68.1 Å². The summed E-state index contributed by atoms with van der Waals surface area (Å²) in [5.74, 6) is -0.697. The highest BCUT2D eigenvalue weighted by Crippen LogP contribution is 2.60. The average Bonchev–Trinajstić information content (AvgIpc) is 3.02. The standard InChI is InChI=1S/C18H22Cl2O3/c19-14-4-3-13(15(20)10-14)11-23-18-8-6-17(12-18,7-9-18)5-1-2-16(21)22/h3-4,10H,1-2,5-9,11-12H2,(H,21,22). The van der Waals surface area contributed by atoms with E-state index in [1.165, 1.54) is 0 Å². The van der Waals surface area contributed by atoms with Gasteiger partial charge in [0, 0.05) is 16.5 Å². The zero-order chi connectivity index (χ0) is 16.5. The van der Waals surface area contributed by atoms with Gasteiger partial charge in [0.2, 0.25) is 0 Å². The fraction of sp³-hybridized carbons (Fsp3) is 0.611. The van der Waals surface area contributed by atoms with Crippen molar-refractivity contribution in [3.05, 3.63) is 33.8 Å². The van der Waals surface area contributed by atoms with Crippen molar-refractivity contribution in [1.82, 2.24) is 0 Å². The molecule has 1 aromatic rings. The van der Waals surface area contributed by atoms with Crippen LogP contribution in [0.5, 0.6) is 0 Å². The second-order valence-electron chi connectivity index (χ2n) is 7.13. The van der Waals surface area contributed by atoms with Crippen molar-refractivity contribution >= 4 is 29.2 Å². The van der Waals surface area contributed by atoms with Gasteiger partial charge in [-0.3, -0.25) is 4.79 Å². The van der Waals surface area contributed by atoms with Gasteiger partial charge in [-0.1, -0.05) is 29.3 Å². The van der Waals surface area contributed by atoms with Crippen LogP contribution < -0.4 is 0 Å². The molecule has 0 unspecified atom stereocenters. The van der Waals surface area contributed by atoms with Crippen molar-refractivity contribution in [2.45, 2.75) is 63.6 Å². The Hall–Kier alpha value is -0.770. The van der Waals surface area contributed by atoms with Crippen LogP contribution in [0.4, 0.5) is 0 Å². The van der Waals surface area contributed by atoms with Crippen LogP contribution in [-0.2, 0) is 16.1 Å². The van der Waals surface area contributed by atoms with Gasteiger partial charge in [0.05, 0.1) is 12.2 Å². The molecule has 3 rings (SSSR count). The molecule has 0 radical (unpaired) electrons. The number of hydrogen-bond acceptors (Lipinski definition) is 2. The lowest BCUT2D eigenvalue weighted by molar-refractivity contribution is -0.137. The fourth-order valence-electron chi connectivity index (χ4n) is 4.29. The third kappa shape index (κ3) is 3.84. The summed E-state index contributed by atoms with van der Waals surface area (Å²) in [4.78, 5) is 10.7. The lowest BCUT2D eigenvalue weighted by Gasteiger charge is -2.28. The zero-order valence-electron chi connectivity index (χ0n) is 13.1. The molecule has 2 aliphatic carbocycles. The van der Waals surface area contributed by atoms with Crippen LogP contribution in [0.2, 0.25) is 10.0 Å². The Morgan fingerprint density at radius 3 is 2.61 bits per heavy atom. The molecule has 0 aliphatic heterocycles. The van der Waals surface area contributed by atoms with Crippen LogP contribution in [0.3, 0.4) is 0 Å². The number of carboxylic acid groups (broad SMARTS) is 1. The van der Waals surface area contributed by atoms with Crippen molar-refractivity contribution in [2.24, 2.45) is 5.41 Å². The number of fused-ring (bicyclic) bond motifs is 2. The molecule has 23 heavy (non-hydrogen) atoms. The molecule has 0 saturated heterocycles. The monoisotopic (exact) mass is 356 g/mol. The molecular weight excluding hydrogens is 335 g/mol. The lowest BCUT2D eigenvalue weighted by Crippen LogP contribution is -2.26. The number of carboxylic acids is 1. The van der Waals surface area contributed by atoms with E-state index in [2.05, 4.69) is 0 Å². The van der Waals surface area contributed by atoms with E-state index >= 15 is 0 Å². The minimum Gasteiger partial charge on any atom is -0.481 e.